The Morgan fingerprint density at radius 3 is 2.75 bits per heavy atom. The molecule has 2 aromatic rings. The van der Waals surface area contributed by atoms with Gasteiger partial charge in [0.1, 0.15) is 6.54 Å². The van der Waals surface area contributed by atoms with Crippen LogP contribution in [0.2, 0.25) is 0 Å². The van der Waals surface area contributed by atoms with E-state index in [2.05, 4.69) is 15.7 Å². The predicted octanol–water partition coefficient (Wildman–Crippen LogP) is 0.940. The van der Waals surface area contributed by atoms with Crippen molar-refractivity contribution < 1.29 is 14.7 Å². The number of para-hydroxylation sites is 1. The molecule has 3 N–H and O–H groups in total. The minimum Gasteiger partial charge on any atom is -0.480 e. The average molecular weight is 276 g/mol. The first kappa shape index (κ1) is 13.9. The van der Waals surface area contributed by atoms with Crippen molar-refractivity contribution >= 4 is 22.9 Å². The smallest absolute Gasteiger partial charge is 0.323 e. The van der Waals surface area contributed by atoms with E-state index in [1.807, 2.05) is 35.9 Å². The Balaban J connectivity index is 2.06. The highest BCUT2D eigenvalue weighted by Crippen LogP contribution is 2.18. The van der Waals surface area contributed by atoms with Crippen LogP contribution in [0.1, 0.15) is 12.6 Å². The fraction of sp³-hybridized carbons (Fsp3) is 0.308. The molecular weight excluding hydrogens is 260 g/mol. The summed E-state index contributed by atoms with van der Waals surface area (Å²) in [6.45, 7) is 2.58. The van der Waals surface area contributed by atoms with Gasteiger partial charge in [0.2, 0.25) is 0 Å². The maximum atomic E-state index is 11.4. The average Bonchev–Trinajstić information content (AvgIpc) is 2.81. The Morgan fingerprint density at radius 2 is 2.05 bits per heavy atom. The summed E-state index contributed by atoms with van der Waals surface area (Å²) in [5.41, 5.74) is 1.77. The molecule has 20 heavy (non-hydrogen) atoms. The van der Waals surface area contributed by atoms with Gasteiger partial charge in [0.05, 0.1) is 17.8 Å². The molecule has 0 aliphatic rings. The van der Waals surface area contributed by atoms with Crippen LogP contribution in [0.15, 0.2) is 24.3 Å². The molecular formula is C13H16N4O3. The number of aromatic nitrogens is 2. The molecule has 106 valence electrons. The van der Waals surface area contributed by atoms with Crippen LogP contribution < -0.4 is 10.6 Å². The molecule has 0 radical (unpaired) electrons. The normalized spacial score (nSPS) is 10.4. The zero-order valence-electron chi connectivity index (χ0n) is 11.1. The Labute approximate surface area is 115 Å². The van der Waals surface area contributed by atoms with Crippen LogP contribution in [0.5, 0.6) is 0 Å². The standard InChI is InChI=1S/C13H16N4O3/c1-2-17-11-6-4-3-5-9(11)10(16-17)7-14-13(20)15-8-12(18)19/h3-6H,2,7-8H2,1H3,(H,18,19)(H2,14,15,20). The van der Waals surface area contributed by atoms with E-state index in [1.165, 1.54) is 0 Å². The van der Waals surface area contributed by atoms with Gasteiger partial charge in [-0.25, -0.2) is 4.79 Å². The zero-order chi connectivity index (χ0) is 14.5. The molecule has 7 heteroatoms. The van der Waals surface area contributed by atoms with Crippen molar-refractivity contribution in [2.45, 2.75) is 20.0 Å². The highest BCUT2D eigenvalue weighted by molar-refractivity contribution is 5.83. The van der Waals surface area contributed by atoms with E-state index >= 15 is 0 Å². The summed E-state index contributed by atoms with van der Waals surface area (Å²) in [5.74, 6) is -1.08. The molecule has 1 aromatic heterocycles. The van der Waals surface area contributed by atoms with Gasteiger partial charge in [-0.15, -0.1) is 0 Å². The number of hydrogen-bond donors (Lipinski definition) is 3. The van der Waals surface area contributed by atoms with Crippen molar-refractivity contribution in [2.24, 2.45) is 0 Å². The van der Waals surface area contributed by atoms with Crippen molar-refractivity contribution in [3.63, 3.8) is 0 Å². The lowest BCUT2D eigenvalue weighted by Crippen LogP contribution is -2.38. The first-order valence-electron chi connectivity index (χ1n) is 6.29. The number of rotatable bonds is 5. The van der Waals surface area contributed by atoms with Crippen LogP contribution in [-0.4, -0.2) is 33.4 Å². The molecule has 0 unspecified atom stereocenters. The number of carbonyl (C=O) groups is 2. The topological polar surface area (TPSA) is 96.3 Å². The van der Waals surface area contributed by atoms with E-state index in [9.17, 15) is 9.59 Å². The second kappa shape index (κ2) is 6.05. The first-order valence-corrected chi connectivity index (χ1v) is 6.29. The van der Waals surface area contributed by atoms with Crippen molar-refractivity contribution in [3.8, 4) is 0 Å². The van der Waals surface area contributed by atoms with Crippen molar-refractivity contribution in [1.29, 1.82) is 0 Å². The lowest BCUT2D eigenvalue weighted by molar-refractivity contribution is -0.135. The quantitative estimate of drug-likeness (QED) is 0.757. The number of urea groups is 1. The van der Waals surface area contributed by atoms with Gasteiger partial charge in [0, 0.05) is 11.9 Å². The number of carboxylic acid groups (broad SMARTS) is 1. The summed E-state index contributed by atoms with van der Waals surface area (Å²) in [5, 5.41) is 18.7. The first-order chi connectivity index (χ1) is 9.61. The Morgan fingerprint density at radius 1 is 1.30 bits per heavy atom. The third-order valence-electron chi connectivity index (χ3n) is 2.85. The van der Waals surface area contributed by atoms with Gasteiger partial charge in [-0.1, -0.05) is 18.2 Å². The Bertz CT molecular complexity index is 636. The molecule has 7 nitrogen and oxygen atoms in total. The number of benzene rings is 1. The van der Waals surface area contributed by atoms with E-state index in [0.29, 0.717) is 0 Å². The third-order valence-corrected chi connectivity index (χ3v) is 2.85. The van der Waals surface area contributed by atoms with Gasteiger partial charge >= 0.3 is 12.0 Å². The van der Waals surface area contributed by atoms with Crippen LogP contribution in [0.4, 0.5) is 4.79 Å². The van der Waals surface area contributed by atoms with Crippen molar-refractivity contribution in [2.75, 3.05) is 6.54 Å². The Hall–Kier alpha value is -2.57. The molecule has 0 spiro atoms. The highest BCUT2D eigenvalue weighted by atomic mass is 16.4. The summed E-state index contributed by atoms with van der Waals surface area (Å²) >= 11 is 0. The molecule has 2 amide bonds. The summed E-state index contributed by atoms with van der Waals surface area (Å²) in [7, 11) is 0. The number of fused-ring (bicyclic) bond motifs is 1. The molecule has 0 fully saturated rings. The number of carbonyl (C=O) groups excluding carboxylic acids is 1. The molecule has 0 bridgehead atoms. The number of aryl methyl sites for hydroxylation is 1. The maximum absolute atomic E-state index is 11.4. The fourth-order valence-corrected chi connectivity index (χ4v) is 1.95. The van der Waals surface area contributed by atoms with Gasteiger partial charge in [0.25, 0.3) is 0 Å². The molecule has 2 rings (SSSR count). The number of nitrogens with one attached hydrogen (secondary N) is 2. The molecule has 0 saturated heterocycles. The number of hydrogen-bond acceptors (Lipinski definition) is 3. The minimum atomic E-state index is -1.08. The molecule has 0 atom stereocenters. The molecule has 0 aliphatic heterocycles. The summed E-state index contributed by atoms with van der Waals surface area (Å²) in [4.78, 5) is 21.7. The van der Waals surface area contributed by atoms with Crippen LogP contribution >= 0.6 is 0 Å². The monoisotopic (exact) mass is 276 g/mol. The highest BCUT2D eigenvalue weighted by Gasteiger charge is 2.10. The number of carboxylic acids is 1. The van der Waals surface area contributed by atoms with E-state index in [-0.39, 0.29) is 6.54 Å². The number of nitrogens with zero attached hydrogens (tertiary/aromatic N) is 2. The van der Waals surface area contributed by atoms with Gasteiger partial charge in [-0.05, 0) is 13.0 Å². The Kier molecular flexibility index (Phi) is 4.19. The van der Waals surface area contributed by atoms with E-state index in [0.717, 1.165) is 23.1 Å². The molecule has 0 saturated carbocycles. The maximum Gasteiger partial charge on any atom is 0.323 e. The van der Waals surface area contributed by atoms with E-state index in [4.69, 9.17) is 5.11 Å². The van der Waals surface area contributed by atoms with Crippen LogP contribution in [0.25, 0.3) is 10.9 Å². The minimum absolute atomic E-state index is 0.249. The van der Waals surface area contributed by atoms with Crippen LogP contribution in [0.3, 0.4) is 0 Å². The zero-order valence-corrected chi connectivity index (χ0v) is 11.1. The van der Waals surface area contributed by atoms with Gasteiger partial charge < -0.3 is 15.7 Å². The summed E-state index contributed by atoms with van der Waals surface area (Å²) in [6.07, 6.45) is 0. The molecule has 1 heterocycles. The van der Waals surface area contributed by atoms with Gasteiger partial charge in [0.15, 0.2) is 0 Å². The third kappa shape index (κ3) is 3.05. The van der Waals surface area contributed by atoms with Crippen LogP contribution in [-0.2, 0) is 17.9 Å². The lowest BCUT2D eigenvalue weighted by atomic mass is 10.2. The van der Waals surface area contributed by atoms with E-state index in [1.54, 1.807) is 0 Å². The predicted molar refractivity (Wildman–Crippen MR) is 73.3 cm³/mol. The van der Waals surface area contributed by atoms with Crippen LogP contribution in [0, 0.1) is 0 Å². The number of aliphatic carboxylic acids is 1. The van der Waals surface area contributed by atoms with Crippen molar-refractivity contribution in [1.82, 2.24) is 20.4 Å². The molecule has 1 aromatic carbocycles. The summed E-state index contributed by atoms with van der Waals surface area (Å²) in [6, 6.07) is 7.24. The lowest BCUT2D eigenvalue weighted by Gasteiger charge is -2.04. The molecule has 0 aliphatic carbocycles. The van der Waals surface area contributed by atoms with Gasteiger partial charge in [-0.3, -0.25) is 9.48 Å². The van der Waals surface area contributed by atoms with Gasteiger partial charge in [-0.2, -0.15) is 5.10 Å². The largest absolute Gasteiger partial charge is 0.480 e. The fourth-order valence-electron chi connectivity index (χ4n) is 1.95. The van der Waals surface area contributed by atoms with E-state index < -0.39 is 18.5 Å². The second-order valence-corrected chi connectivity index (χ2v) is 4.21. The SMILES string of the molecule is CCn1nc(CNC(=O)NCC(=O)O)c2ccccc21. The van der Waals surface area contributed by atoms with Crippen molar-refractivity contribution in [3.05, 3.63) is 30.0 Å². The number of amides is 2. The second-order valence-electron chi connectivity index (χ2n) is 4.21. The summed E-state index contributed by atoms with van der Waals surface area (Å²) < 4.78 is 1.86.